The minimum absolute atomic E-state index is 0.165. The lowest BCUT2D eigenvalue weighted by atomic mass is 9.65. The number of hydrogen-bond acceptors (Lipinski definition) is 3. The molecule has 1 N–H and O–H groups in total. The van der Waals surface area contributed by atoms with Crippen LogP contribution in [-0.4, -0.2) is 37.3 Å². The van der Waals surface area contributed by atoms with E-state index in [-0.39, 0.29) is 11.5 Å². The Labute approximate surface area is 115 Å². The van der Waals surface area contributed by atoms with Crippen LogP contribution in [0.25, 0.3) is 0 Å². The molecule has 1 heterocycles. The summed E-state index contributed by atoms with van der Waals surface area (Å²) in [5, 5.41) is 10.6. The van der Waals surface area contributed by atoms with Crippen molar-refractivity contribution in [2.45, 2.75) is 31.3 Å². The molecular formula is C16H23NO2. The topological polar surface area (TPSA) is 32.7 Å². The molecular weight excluding hydrogens is 238 g/mol. The van der Waals surface area contributed by atoms with Crippen molar-refractivity contribution in [3.63, 3.8) is 0 Å². The third-order valence-corrected chi connectivity index (χ3v) is 4.98. The van der Waals surface area contributed by atoms with Crippen molar-refractivity contribution in [3.05, 3.63) is 29.3 Å². The lowest BCUT2D eigenvalue weighted by Crippen LogP contribution is -2.35. The molecule has 0 radical (unpaired) electrons. The molecule has 1 aliphatic heterocycles. The second kappa shape index (κ2) is 4.50. The molecule has 0 spiro atoms. The molecule has 3 nitrogen and oxygen atoms in total. The molecule has 0 saturated carbocycles. The van der Waals surface area contributed by atoms with Crippen LogP contribution in [0.5, 0.6) is 5.75 Å². The number of methoxy groups -OCH3 is 1. The molecule has 0 aromatic heterocycles. The quantitative estimate of drug-likeness (QED) is 0.842. The highest BCUT2D eigenvalue weighted by Crippen LogP contribution is 2.49. The SMILES string of the molecule is COc1ccc2c(c1)C1(C)CCN(C)CC(C1)[C@@H]2O. The molecule has 1 saturated heterocycles. The summed E-state index contributed by atoms with van der Waals surface area (Å²) in [6.45, 7) is 4.42. The van der Waals surface area contributed by atoms with E-state index in [9.17, 15) is 5.11 Å². The normalized spacial score (nSPS) is 34.5. The van der Waals surface area contributed by atoms with Crippen LogP contribution in [0.15, 0.2) is 18.2 Å². The summed E-state index contributed by atoms with van der Waals surface area (Å²) in [5.41, 5.74) is 2.55. The molecule has 1 aromatic rings. The van der Waals surface area contributed by atoms with Crippen LogP contribution in [0.1, 0.15) is 37.0 Å². The molecule has 1 aliphatic carbocycles. The monoisotopic (exact) mass is 261 g/mol. The van der Waals surface area contributed by atoms with Crippen molar-refractivity contribution in [1.29, 1.82) is 0 Å². The van der Waals surface area contributed by atoms with Crippen LogP contribution < -0.4 is 4.74 Å². The number of aliphatic hydroxyl groups is 1. The third-order valence-electron chi connectivity index (χ3n) is 4.98. The number of likely N-dealkylation sites (tertiary alicyclic amines) is 1. The Kier molecular flexibility index (Phi) is 3.06. The van der Waals surface area contributed by atoms with Crippen molar-refractivity contribution >= 4 is 0 Å². The first kappa shape index (κ1) is 12.9. The van der Waals surface area contributed by atoms with E-state index in [0.717, 1.165) is 37.2 Å². The lowest BCUT2D eigenvalue weighted by molar-refractivity contribution is 0.0671. The summed E-state index contributed by atoms with van der Waals surface area (Å²) >= 11 is 0. The van der Waals surface area contributed by atoms with Crippen LogP contribution in [0, 0.1) is 5.92 Å². The first-order valence-electron chi connectivity index (χ1n) is 7.08. The molecule has 2 unspecified atom stereocenters. The predicted molar refractivity (Wildman–Crippen MR) is 75.5 cm³/mol. The van der Waals surface area contributed by atoms with Gasteiger partial charge in [-0.1, -0.05) is 13.0 Å². The molecule has 3 atom stereocenters. The summed E-state index contributed by atoms with van der Waals surface area (Å²) in [6.07, 6.45) is 1.88. The Hall–Kier alpha value is -1.06. The zero-order valence-corrected chi connectivity index (χ0v) is 12.0. The highest BCUT2D eigenvalue weighted by molar-refractivity contribution is 5.44. The smallest absolute Gasteiger partial charge is 0.119 e. The molecule has 3 rings (SSSR count). The van der Waals surface area contributed by atoms with E-state index < -0.39 is 0 Å². The van der Waals surface area contributed by atoms with Gasteiger partial charge in [0.15, 0.2) is 0 Å². The maximum atomic E-state index is 10.6. The van der Waals surface area contributed by atoms with E-state index in [0.29, 0.717) is 5.92 Å². The van der Waals surface area contributed by atoms with Gasteiger partial charge in [-0.15, -0.1) is 0 Å². The van der Waals surface area contributed by atoms with Gasteiger partial charge in [0.05, 0.1) is 13.2 Å². The van der Waals surface area contributed by atoms with Crippen molar-refractivity contribution in [1.82, 2.24) is 4.90 Å². The van der Waals surface area contributed by atoms with Gasteiger partial charge in [0.25, 0.3) is 0 Å². The molecule has 104 valence electrons. The maximum Gasteiger partial charge on any atom is 0.119 e. The second-order valence-corrected chi connectivity index (χ2v) is 6.44. The molecule has 1 fully saturated rings. The minimum Gasteiger partial charge on any atom is -0.497 e. The average molecular weight is 261 g/mol. The fraction of sp³-hybridized carbons (Fsp3) is 0.625. The van der Waals surface area contributed by atoms with E-state index in [1.165, 1.54) is 5.56 Å². The Morgan fingerprint density at radius 3 is 2.95 bits per heavy atom. The van der Waals surface area contributed by atoms with Crippen molar-refractivity contribution in [2.75, 3.05) is 27.2 Å². The van der Waals surface area contributed by atoms with Crippen LogP contribution in [0.3, 0.4) is 0 Å². The second-order valence-electron chi connectivity index (χ2n) is 6.44. The number of benzene rings is 1. The van der Waals surface area contributed by atoms with Gasteiger partial charge in [-0.25, -0.2) is 0 Å². The van der Waals surface area contributed by atoms with Crippen LogP contribution in [0.2, 0.25) is 0 Å². The Balaban J connectivity index is 2.11. The van der Waals surface area contributed by atoms with Crippen LogP contribution in [-0.2, 0) is 5.41 Å². The zero-order valence-electron chi connectivity index (χ0n) is 12.0. The summed E-state index contributed by atoms with van der Waals surface area (Å²) in [6, 6.07) is 6.14. The molecule has 1 aromatic carbocycles. The first-order chi connectivity index (χ1) is 9.03. The number of rotatable bonds is 1. The molecule has 2 aliphatic rings. The zero-order chi connectivity index (χ0) is 13.6. The highest BCUT2D eigenvalue weighted by Gasteiger charge is 2.43. The maximum absolute atomic E-state index is 10.6. The average Bonchev–Trinajstić information content (AvgIpc) is 2.55. The molecule has 2 bridgehead atoms. The fourth-order valence-electron chi connectivity index (χ4n) is 3.83. The number of fused-ring (bicyclic) bond motifs is 4. The summed E-state index contributed by atoms with van der Waals surface area (Å²) in [7, 11) is 3.86. The summed E-state index contributed by atoms with van der Waals surface area (Å²) < 4.78 is 5.36. The summed E-state index contributed by atoms with van der Waals surface area (Å²) in [4.78, 5) is 2.35. The van der Waals surface area contributed by atoms with Gasteiger partial charge in [-0.3, -0.25) is 0 Å². The van der Waals surface area contributed by atoms with Crippen LogP contribution in [0.4, 0.5) is 0 Å². The number of hydrogen-bond donors (Lipinski definition) is 1. The van der Waals surface area contributed by atoms with Gasteiger partial charge in [-0.2, -0.15) is 0 Å². The van der Waals surface area contributed by atoms with Gasteiger partial charge in [-0.05, 0) is 55.1 Å². The third kappa shape index (κ3) is 2.05. The van der Waals surface area contributed by atoms with Gasteiger partial charge < -0.3 is 14.7 Å². The predicted octanol–water partition coefficient (Wildman–Crippen LogP) is 2.34. The Morgan fingerprint density at radius 1 is 1.42 bits per heavy atom. The number of ether oxygens (including phenoxy) is 1. The Bertz CT molecular complexity index is 488. The van der Waals surface area contributed by atoms with Crippen molar-refractivity contribution in [3.8, 4) is 5.75 Å². The van der Waals surface area contributed by atoms with E-state index in [4.69, 9.17) is 4.74 Å². The molecule has 3 heteroatoms. The van der Waals surface area contributed by atoms with Gasteiger partial charge >= 0.3 is 0 Å². The summed E-state index contributed by atoms with van der Waals surface area (Å²) in [5.74, 6) is 1.24. The highest BCUT2D eigenvalue weighted by atomic mass is 16.5. The van der Waals surface area contributed by atoms with E-state index in [2.05, 4.69) is 31.0 Å². The lowest BCUT2D eigenvalue weighted by Gasteiger charge is -2.41. The van der Waals surface area contributed by atoms with Crippen LogP contribution >= 0.6 is 0 Å². The number of aliphatic hydroxyl groups excluding tert-OH is 1. The molecule has 0 amide bonds. The van der Waals surface area contributed by atoms with Gasteiger partial charge in [0.2, 0.25) is 0 Å². The van der Waals surface area contributed by atoms with E-state index in [1.807, 2.05) is 6.07 Å². The molecule has 19 heavy (non-hydrogen) atoms. The minimum atomic E-state index is -0.338. The largest absolute Gasteiger partial charge is 0.497 e. The fourth-order valence-corrected chi connectivity index (χ4v) is 3.83. The Morgan fingerprint density at radius 2 is 2.21 bits per heavy atom. The van der Waals surface area contributed by atoms with E-state index in [1.54, 1.807) is 7.11 Å². The van der Waals surface area contributed by atoms with E-state index >= 15 is 0 Å². The van der Waals surface area contributed by atoms with Gasteiger partial charge in [0.1, 0.15) is 5.75 Å². The number of nitrogens with zero attached hydrogens (tertiary/aromatic N) is 1. The van der Waals surface area contributed by atoms with Crippen molar-refractivity contribution in [2.24, 2.45) is 5.92 Å². The van der Waals surface area contributed by atoms with Gasteiger partial charge in [0, 0.05) is 12.5 Å². The standard InChI is InChI=1S/C16H23NO2/c1-16-6-7-17(2)10-11(9-16)15(18)13-5-4-12(19-3)8-14(13)16/h4-5,8,11,15,18H,6-7,9-10H2,1-3H3/t11?,15-,16?/m0/s1. The van der Waals surface area contributed by atoms with Crippen molar-refractivity contribution < 1.29 is 9.84 Å². The first-order valence-corrected chi connectivity index (χ1v) is 7.08.